The third-order valence-electron chi connectivity index (χ3n) is 1.20. The summed E-state index contributed by atoms with van der Waals surface area (Å²) < 4.78 is 1.11. The zero-order valence-electron chi connectivity index (χ0n) is 3.42. The van der Waals surface area contributed by atoms with Crippen LogP contribution in [-0.4, -0.2) is 14.5 Å². The smallest absolute Gasteiger partial charge is 0.148 e. The average molecular weight is 122 g/mol. The maximum atomic E-state index is 8.68. The third-order valence-corrected chi connectivity index (χ3v) is 8.42. The lowest BCUT2D eigenvalue weighted by Gasteiger charge is -2.00. The molecule has 0 spiro atoms. The summed E-state index contributed by atoms with van der Waals surface area (Å²) in [4.78, 5) is 0. The van der Waals surface area contributed by atoms with E-state index < -0.39 is 0 Å². The number of hydrogen-bond acceptors (Lipinski definition) is 1. The predicted octanol–water partition coefficient (Wildman–Crippen LogP) is -0.213. The number of aliphatic hydroxyl groups is 1. The van der Waals surface area contributed by atoms with Crippen LogP contribution < -0.4 is 0 Å². The Hall–Kier alpha value is 0.660. The Morgan fingerprint density at radius 3 is 2.00 bits per heavy atom. The van der Waals surface area contributed by atoms with Crippen molar-refractivity contribution >= 4 is 18.9 Å². The molecule has 1 nitrogen and oxygen atoms in total. The van der Waals surface area contributed by atoms with Crippen molar-refractivity contribution in [2.45, 2.75) is 16.3 Å². The van der Waals surface area contributed by atoms with Crippen molar-refractivity contribution in [1.82, 2.24) is 0 Å². The Morgan fingerprint density at radius 2 is 2.00 bits per heavy atom. The van der Waals surface area contributed by atoms with Gasteiger partial charge in [0.1, 0.15) is 4.77 Å². The van der Waals surface area contributed by atoms with Crippen LogP contribution in [0.2, 0.25) is 0 Å². The van der Waals surface area contributed by atoms with Gasteiger partial charge < -0.3 is 5.11 Å². The Balaban J connectivity index is 2.13. The van der Waals surface area contributed by atoms with Crippen molar-refractivity contribution in [2.24, 2.45) is 0 Å². The summed E-state index contributed by atoms with van der Waals surface area (Å²) in [6.07, 6.45) is 0. The van der Waals surface area contributed by atoms with Crippen LogP contribution in [-0.2, 0) is 18.9 Å². The van der Waals surface area contributed by atoms with Crippen molar-refractivity contribution in [3.63, 3.8) is 0 Å². The molecule has 0 radical (unpaired) electrons. The van der Waals surface area contributed by atoms with Crippen LogP contribution >= 0.6 is 0 Å². The monoisotopic (exact) mass is 122 g/mol. The minimum Gasteiger partial charge on any atom is -0.373 e. The molecule has 2 heterocycles. The van der Waals surface area contributed by atoms with Crippen LogP contribution in [0.3, 0.4) is 0 Å². The standard InChI is InChI=1S/C3H6OS2/c1-2-5-3(4)6(2)5/h2-4H,1H3. The van der Waals surface area contributed by atoms with E-state index in [0.717, 1.165) is 4.58 Å². The van der Waals surface area contributed by atoms with Crippen molar-refractivity contribution in [1.29, 1.82) is 0 Å². The molecule has 0 amide bonds. The highest BCUT2D eigenvalue weighted by molar-refractivity contribution is 8.75. The molecule has 36 valence electrons. The lowest BCUT2D eigenvalue weighted by molar-refractivity contribution is 0.345. The minimum absolute atomic E-state index is 0.181. The fourth-order valence-corrected chi connectivity index (χ4v) is 6.93. The van der Waals surface area contributed by atoms with E-state index in [2.05, 4.69) is 6.92 Å². The maximum absolute atomic E-state index is 8.68. The molecule has 2 unspecified atom stereocenters. The van der Waals surface area contributed by atoms with Gasteiger partial charge in [-0.05, 0) is 6.92 Å². The van der Waals surface area contributed by atoms with E-state index in [1.807, 2.05) is 0 Å². The second kappa shape index (κ2) is 0.767. The highest BCUT2D eigenvalue weighted by Gasteiger charge is 2.54. The first-order chi connectivity index (χ1) is 2.82. The van der Waals surface area contributed by atoms with E-state index in [1.165, 1.54) is 0 Å². The number of rotatable bonds is 0. The number of aliphatic hydroxyl groups excluding tert-OH is 1. The molecule has 2 rings (SSSR count). The van der Waals surface area contributed by atoms with E-state index in [1.54, 1.807) is 0 Å². The topological polar surface area (TPSA) is 20.2 Å². The van der Waals surface area contributed by atoms with Gasteiger partial charge >= 0.3 is 0 Å². The Bertz CT molecular complexity index is 112. The molecule has 2 aliphatic heterocycles. The molecule has 0 bridgehead atoms. The normalized spacial score (nSPS) is 73.0. The predicted molar refractivity (Wildman–Crippen MR) is 30.2 cm³/mol. The Labute approximate surface area is 40.9 Å². The van der Waals surface area contributed by atoms with Gasteiger partial charge in [-0.2, -0.15) is 0 Å². The molecule has 2 atom stereocenters. The van der Waals surface area contributed by atoms with Gasteiger partial charge in [-0.15, -0.1) is 18.9 Å². The summed E-state index contributed by atoms with van der Waals surface area (Å²) in [6.45, 7) is 2.22. The van der Waals surface area contributed by atoms with Gasteiger partial charge in [-0.3, -0.25) is 0 Å². The van der Waals surface area contributed by atoms with Crippen LogP contribution in [0.25, 0.3) is 0 Å². The summed E-state index contributed by atoms with van der Waals surface area (Å²) in [5, 5.41) is 8.68. The van der Waals surface area contributed by atoms with Gasteiger partial charge in [-0.25, -0.2) is 0 Å². The van der Waals surface area contributed by atoms with Gasteiger partial charge in [0.25, 0.3) is 0 Å². The van der Waals surface area contributed by atoms with Crippen molar-refractivity contribution in [3.05, 3.63) is 0 Å². The van der Waals surface area contributed by atoms with Gasteiger partial charge in [0.2, 0.25) is 0 Å². The quantitative estimate of drug-likeness (QED) is 0.471. The molecular formula is C3H6OS2. The summed E-state index contributed by atoms with van der Waals surface area (Å²) in [6, 6.07) is 0. The molecule has 3 heteroatoms. The lowest BCUT2D eigenvalue weighted by atomic mass is 11.0. The first kappa shape index (κ1) is 3.64. The maximum Gasteiger partial charge on any atom is 0.148 e. The van der Waals surface area contributed by atoms with Crippen molar-refractivity contribution in [3.8, 4) is 0 Å². The molecule has 0 saturated carbocycles. The van der Waals surface area contributed by atoms with Gasteiger partial charge in [0.15, 0.2) is 0 Å². The highest BCUT2D eigenvalue weighted by Crippen LogP contribution is 2.47. The fourth-order valence-electron chi connectivity index (χ4n) is 0.670. The summed E-state index contributed by atoms with van der Waals surface area (Å²) in [7, 11) is 1.10. The van der Waals surface area contributed by atoms with Gasteiger partial charge in [0, 0.05) is 0 Å². The molecule has 0 aliphatic carbocycles. The third kappa shape index (κ3) is 0.225. The molecular weight excluding hydrogens is 116 g/mol. The highest BCUT2D eigenvalue weighted by atomic mass is 33.0. The van der Waals surface area contributed by atoms with Gasteiger partial charge in [0.05, 0.1) is 4.58 Å². The first-order valence-corrected chi connectivity index (χ1v) is 5.16. The summed E-state index contributed by atoms with van der Waals surface area (Å²) >= 11 is 0. The minimum atomic E-state index is 0.181. The van der Waals surface area contributed by atoms with Crippen LogP contribution in [0.1, 0.15) is 6.92 Å². The van der Waals surface area contributed by atoms with Crippen molar-refractivity contribution < 1.29 is 5.11 Å². The average Bonchev–Trinajstić information content (AvgIpc) is 2.28. The lowest BCUT2D eigenvalue weighted by Crippen LogP contribution is -2.12. The summed E-state index contributed by atoms with van der Waals surface area (Å²) in [5.74, 6) is 0. The van der Waals surface area contributed by atoms with Gasteiger partial charge in [-0.1, -0.05) is 0 Å². The zero-order valence-corrected chi connectivity index (χ0v) is 5.05. The first-order valence-electron chi connectivity index (χ1n) is 1.95. The SMILES string of the molecule is CC1S2=S1C2O. The van der Waals surface area contributed by atoms with Crippen LogP contribution in [0.4, 0.5) is 0 Å². The van der Waals surface area contributed by atoms with E-state index in [-0.39, 0.29) is 4.77 Å². The Morgan fingerprint density at radius 1 is 1.50 bits per heavy atom. The zero-order chi connectivity index (χ0) is 4.31. The van der Waals surface area contributed by atoms with E-state index in [9.17, 15) is 0 Å². The van der Waals surface area contributed by atoms with E-state index in [0.29, 0.717) is 18.9 Å². The molecule has 0 aromatic carbocycles. The molecule has 2 aliphatic rings. The number of hydrogen-bond donors (Lipinski definition) is 1. The molecule has 0 saturated heterocycles. The molecule has 1 N–H and O–H groups in total. The fraction of sp³-hybridized carbons (Fsp3) is 1.00. The summed E-state index contributed by atoms with van der Waals surface area (Å²) in [5.41, 5.74) is 0. The van der Waals surface area contributed by atoms with Crippen LogP contribution in [0.5, 0.6) is 0 Å². The molecule has 0 aromatic rings. The van der Waals surface area contributed by atoms with E-state index in [4.69, 9.17) is 5.11 Å². The molecule has 0 aromatic heterocycles. The van der Waals surface area contributed by atoms with Crippen LogP contribution in [0.15, 0.2) is 0 Å². The second-order valence-electron chi connectivity index (χ2n) is 1.53. The van der Waals surface area contributed by atoms with Crippen LogP contribution in [0, 0.1) is 0 Å². The second-order valence-corrected chi connectivity index (χ2v) is 8.06. The largest absolute Gasteiger partial charge is 0.373 e. The van der Waals surface area contributed by atoms with Crippen molar-refractivity contribution in [2.75, 3.05) is 0 Å². The van der Waals surface area contributed by atoms with E-state index >= 15 is 0 Å². The molecule has 6 heavy (non-hydrogen) atoms. The Kier molecular flexibility index (Phi) is 0.465. The molecule has 0 fully saturated rings.